The smallest absolute Gasteiger partial charge is 0.0237 e. The van der Waals surface area contributed by atoms with Crippen molar-refractivity contribution >= 4 is 0 Å². The second-order valence-corrected chi connectivity index (χ2v) is 5.14. The summed E-state index contributed by atoms with van der Waals surface area (Å²) in [5.41, 5.74) is 7.53. The van der Waals surface area contributed by atoms with Crippen LogP contribution < -0.4 is 5.73 Å². The largest absolute Gasteiger partial charge is 0.326 e. The number of hydrogen-bond donors (Lipinski definition) is 1. The number of benzene rings is 1. The molecule has 2 rings (SSSR count). The molecule has 2 heteroatoms. The number of hydrogen-bond acceptors (Lipinski definition) is 2. The first-order valence-electron chi connectivity index (χ1n) is 6.20. The quantitative estimate of drug-likeness (QED) is 0.825. The highest BCUT2D eigenvalue weighted by Gasteiger charge is 2.28. The van der Waals surface area contributed by atoms with Crippen LogP contribution in [0.4, 0.5) is 0 Å². The molecule has 1 aromatic rings. The maximum atomic E-state index is 6.14. The molecule has 1 aromatic carbocycles. The maximum Gasteiger partial charge on any atom is 0.0237 e. The van der Waals surface area contributed by atoms with Crippen molar-refractivity contribution in [3.8, 4) is 0 Å². The normalized spacial score (nSPS) is 31.6. The second kappa shape index (κ2) is 4.98. The molecule has 1 heterocycles. The van der Waals surface area contributed by atoms with Crippen LogP contribution in [0.2, 0.25) is 0 Å². The van der Waals surface area contributed by atoms with E-state index >= 15 is 0 Å². The van der Waals surface area contributed by atoms with Gasteiger partial charge in [0.1, 0.15) is 0 Å². The number of likely N-dealkylation sites (tertiary alicyclic amines) is 1. The van der Waals surface area contributed by atoms with E-state index in [2.05, 4.69) is 49.1 Å². The Labute approximate surface area is 98.4 Å². The van der Waals surface area contributed by atoms with Crippen molar-refractivity contribution in [3.63, 3.8) is 0 Å². The van der Waals surface area contributed by atoms with Crippen LogP contribution in [-0.4, -0.2) is 23.5 Å². The first-order valence-corrected chi connectivity index (χ1v) is 6.20. The van der Waals surface area contributed by atoms with Crippen molar-refractivity contribution < 1.29 is 0 Å². The summed E-state index contributed by atoms with van der Waals surface area (Å²) in [6.45, 7) is 6.63. The fraction of sp³-hybridized carbons (Fsp3) is 0.571. The van der Waals surface area contributed by atoms with E-state index in [4.69, 9.17) is 5.73 Å². The van der Waals surface area contributed by atoms with Crippen LogP contribution in [0.3, 0.4) is 0 Å². The second-order valence-electron chi connectivity index (χ2n) is 5.14. The van der Waals surface area contributed by atoms with E-state index in [0.717, 1.165) is 13.1 Å². The van der Waals surface area contributed by atoms with E-state index in [1.54, 1.807) is 0 Å². The van der Waals surface area contributed by atoms with Gasteiger partial charge in [-0.15, -0.1) is 0 Å². The standard InChI is InChI=1S/C14H22N2/c1-11-8-12(2)16(10-14(11)15)9-13-6-4-3-5-7-13/h3-7,11-12,14H,8-10,15H2,1-2H3/t11-,12-,14-/m0/s1. The van der Waals surface area contributed by atoms with E-state index < -0.39 is 0 Å². The molecule has 1 aliphatic heterocycles. The lowest BCUT2D eigenvalue weighted by molar-refractivity contribution is 0.104. The molecule has 88 valence electrons. The first-order chi connectivity index (χ1) is 7.66. The number of nitrogens with two attached hydrogens (primary N) is 1. The topological polar surface area (TPSA) is 29.3 Å². The minimum absolute atomic E-state index is 0.333. The highest BCUT2D eigenvalue weighted by Crippen LogP contribution is 2.23. The van der Waals surface area contributed by atoms with Crippen molar-refractivity contribution in [1.82, 2.24) is 4.90 Å². The monoisotopic (exact) mass is 218 g/mol. The minimum atomic E-state index is 0.333. The zero-order valence-corrected chi connectivity index (χ0v) is 10.3. The molecule has 16 heavy (non-hydrogen) atoms. The van der Waals surface area contributed by atoms with Gasteiger partial charge in [0.2, 0.25) is 0 Å². The maximum absolute atomic E-state index is 6.14. The Balaban J connectivity index is 2.00. The Morgan fingerprint density at radius 1 is 1.25 bits per heavy atom. The van der Waals surface area contributed by atoms with Crippen LogP contribution in [0, 0.1) is 5.92 Å². The van der Waals surface area contributed by atoms with Crippen molar-refractivity contribution in [2.45, 2.75) is 38.9 Å². The predicted octanol–water partition coefficient (Wildman–Crippen LogP) is 2.24. The fourth-order valence-corrected chi connectivity index (χ4v) is 2.53. The van der Waals surface area contributed by atoms with Gasteiger partial charge in [0.05, 0.1) is 0 Å². The van der Waals surface area contributed by atoms with Crippen molar-refractivity contribution in [1.29, 1.82) is 0 Å². The minimum Gasteiger partial charge on any atom is -0.326 e. The number of nitrogens with zero attached hydrogens (tertiary/aromatic N) is 1. The molecule has 1 saturated heterocycles. The lowest BCUT2D eigenvalue weighted by atomic mass is 9.89. The number of rotatable bonds is 2. The predicted molar refractivity (Wildman–Crippen MR) is 68.1 cm³/mol. The highest BCUT2D eigenvalue weighted by molar-refractivity contribution is 5.14. The van der Waals surface area contributed by atoms with Gasteiger partial charge >= 0.3 is 0 Å². The van der Waals surface area contributed by atoms with Gasteiger partial charge in [0, 0.05) is 25.2 Å². The number of piperidine rings is 1. The summed E-state index contributed by atoms with van der Waals surface area (Å²) in [4.78, 5) is 2.50. The van der Waals surface area contributed by atoms with Gasteiger partial charge in [-0.05, 0) is 24.8 Å². The average Bonchev–Trinajstić information content (AvgIpc) is 2.27. The van der Waals surface area contributed by atoms with Crippen LogP contribution in [0.5, 0.6) is 0 Å². The van der Waals surface area contributed by atoms with Gasteiger partial charge in [-0.3, -0.25) is 4.90 Å². The summed E-state index contributed by atoms with van der Waals surface area (Å²) in [5, 5.41) is 0. The third kappa shape index (κ3) is 2.63. The zero-order valence-electron chi connectivity index (χ0n) is 10.3. The van der Waals surface area contributed by atoms with E-state index in [0.29, 0.717) is 18.0 Å². The van der Waals surface area contributed by atoms with Crippen LogP contribution in [0.1, 0.15) is 25.8 Å². The molecular formula is C14H22N2. The molecule has 1 aliphatic rings. The summed E-state index contributed by atoms with van der Waals surface area (Å²) in [7, 11) is 0. The molecular weight excluding hydrogens is 196 g/mol. The summed E-state index contributed by atoms with van der Waals surface area (Å²) in [6, 6.07) is 11.6. The summed E-state index contributed by atoms with van der Waals surface area (Å²) in [5.74, 6) is 0.655. The Morgan fingerprint density at radius 3 is 2.62 bits per heavy atom. The Hall–Kier alpha value is -0.860. The van der Waals surface area contributed by atoms with Gasteiger partial charge in [0.15, 0.2) is 0 Å². The molecule has 0 aliphatic carbocycles. The average molecular weight is 218 g/mol. The van der Waals surface area contributed by atoms with Crippen LogP contribution in [-0.2, 0) is 6.54 Å². The Kier molecular flexibility index (Phi) is 3.62. The van der Waals surface area contributed by atoms with Crippen LogP contribution in [0.15, 0.2) is 30.3 Å². The fourth-order valence-electron chi connectivity index (χ4n) is 2.53. The third-order valence-electron chi connectivity index (χ3n) is 3.74. The first kappa shape index (κ1) is 11.6. The molecule has 3 atom stereocenters. The highest BCUT2D eigenvalue weighted by atomic mass is 15.2. The van der Waals surface area contributed by atoms with Crippen molar-refractivity contribution in [2.75, 3.05) is 6.54 Å². The molecule has 0 amide bonds. The molecule has 0 unspecified atom stereocenters. The summed E-state index contributed by atoms with van der Waals surface area (Å²) >= 11 is 0. The lowest BCUT2D eigenvalue weighted by Gasteiger charge is -2.40. The van der Waals surface area contributed by atoms with E-state index in [1.165, 1.54) is 12.0 Å². The van der Waals surface area contributed by atoms with E-state index in [-0.39, 0.29) is 0 Å². The zero-order chi connectivity index (χ0) is 11.5. The summed E-state index contributed by atoms with van der Waals surface area (Å²) in [6.07, 6.45) is 1.22. The van der Waals surface area contributed by atoms with Gasteiger partial charge in [-0.25, -0.2) is 0 Å². The van der Waals surface area contributed by atoms with E-state index in [1.807, 2.05) is 0 Å². The van der Waals surface area contributed by atoms with Gasteiger partial charge in [-0.1, -0.05) is 37.3 Å². The molecule has 1 fully saturated rings. The van der Waals surface area contributed by atoms with Crippen molar-refractivity contribution in [2.24, 2.45) is 11.7 Å². The summed E-state index contributed by atoms with van der Waals surface area (Å²) < 4.78 is 0. The molecule has 0 bridgehead atoms. The SMILES string of the molecule is C[C@H]1C[C@H](C)N(Cc2ccccc2)C[C@@H]1N. The van der Waals surface area contributed by atoms with Gasteiger partial charge < -0.3 is 5.73 Å². The van der Waals surface area contributed by atoms with Gasteiger partial charge in [-0.2, -0.15) is 0 Å². The molecule has 2 N–H and O–H groups in total. The Bertz CT molecular complexity index is 323. The molecule has 0 aromatic heterocycles. The molecule has 0 spiro atoms. The van der Waals surface area contributed by atoms with Gasteiger partial charge in [0.25, 0.3) is 0 Å². The van der Waals surface area contributed by atoms with E-state index in [9.17, 15) is 0 Å². The third-order valence-corrected chi connectivity index (χ3v) is 3.74. The molecule has 2 nitrogen and oxygen atoms in total. The Morgan fingerprint density at radius 2 is 1.94 bits per heavy atom. The van der Waals surface area contributed by atoms with Crippen molar-refractivity contribution in [3.05, 3.63) is 35.9 Å². The van der Waals surface area contributed by atoms with Crippen LogP contribution >= 0.6 is 0 Å². The lowest BCUT2D eigenvalue weighted by Crippen LogP contribution is -2.51. The molecule has 0 saturated carbocycles. The molecule has 0 radical (unpaired) electrons. The van der Waals surface area contributed by atoms with Crippen LogP contribution in [0.25, 0.3) is 0 Å².